The van der Waals surface area contributed by atoms with E-state index < -0.39 is 0 Å². The topological polar surface area (TPSA) is 49.9 Å². The number of piperidine rings is 1. The predicted molar refractivity (Wildman–Crippen MR) is 83.0 cm³/mol. The van der Waals surface area contributed by atoms with Crippen LogP contribution >= 0.6 is 0 Å². The van der Waals surface area contributed by atoms with Crippen LogP contribution in [0.4, 0.5) is 0 Å². The van der Waals surface area contributed by atoms with Crippen molar-refractivity contribution in [1.29, 1.82) is 0 Å². The Balaban J connectivity index is 1.78. The minimum absolute atomic E-state index is 0.0368. The van der Waals surface area contributed by atoms with E-state index >= 15 is 0 Å². The molecular formula is C17H22N2O3. The van der Waals surface area contributed by atoms with E-state index in [1.54, 1.807) is 18.2 Å². The van der Waals surface area contributed by atoms with Crippen LogP contribution < -0.4 is 4.74 Å². The first kappa shape index (κ1) is 15.0. The molecule has 1 aromatic rings. The van der Waals surface area contributed by atoms with Gasteiger partial charge in [-0.3, -0.25) is 19.4 Å². The van der Waals surface area contributed by atoms with Crippen LogP contribution in [0.2, 0.25) is 0 Å². The number of amides is 2. The predicted octanol–water partition coefficient (Wildman–Crippen LogP) is 2.51. The van der Waals surface area contributed by atoms with Gasteiger partial charge in [0.2, 0.25) is 0 Å². The molecule has 1 saturated heterocycles. The first-order chi connectivity index (χ1) is 10.6. The maximum atomic E-state index is 12.5. The van der Waals surface area contributed by atoms with Crippen molar-refractivity contribution >= 4 is 11.8 Å². The third-order valence-corrected chi connectivity index (χ3v) is 4.10. The minimum atomic E-state index is -0.209. The van der Waals surface area contributed by atoms with Gasteiger partial charge in [0.1, 0.15) is 5.75 Å². The van der Waals surface area contributed by atoms with E-state index in [9.17, 15) is 9.59 Å². The summed E-state index contributed by atoms with van der Waals surface area (Å²) in [6, 6.07) is 5.14. The van der Waals surface area contributed by atoms with E-state index in [2.05, 4.69) is 4.90 Å². The molecule has 0 radical (unpaired) electrons. The van der Waals surface area contributed by atoms with Crippen molar-refractivity contribution in [2.24, 2.45) is 0 Å². The Morgan fingerprint density at radius 1 is 1.05 bits per heavy atom. The second-order valence-corrected chi connectivity index (χ2v) is 6.23. The lowest BCUT2D eigenvalue weighted by Crippen LogP contribution is -2.43. The van der Waals surface area contributed by atoms with E-state index in [1.165, 1.54) is 11.3 Å². The molecule has 0 spiro atoms. The molecule has 1 aromatic carbocycles. The van der Waals surface area contributed by atoms with Crippen molar-refractivity contribution in [3.8, 4) is 5.75 Å². The summed E-state index contributed by atoms with van der Waals surface area (Å²) < 4.78 is 5.62. The van der Waals surface area contributed by atoms with Gasteiger partial charge in [0, 0.05) is 0 Å². The average Bonchev–Trinajstić information content (AvgIpc) is 2.73. The molecular weight excluding hydrogens is 280 g/mol. The summed E-state index contributed by atoms with van der Waals surface area (Å²) in [5, 5.41) is 0. The zero-order chi connectivity index (χ0) is 15.7. The summed E-state index contributed by atoms with van der Waals surface area (Å²) >= 11 is 0. The Kier molecular flexibility index (Phi) is 4.16. The van der Waals surface area contributed by atoms with Crippen molar-refractivity contribution in [3.05, 3.63) is 29.3 Å². The largest absolute Gasteiger partial charge is 0.491 e. The van der Waals surface area contributed by atoms with Crippen LogP contribution in [-0.2, 0) is 0 Å². The van der Waals surface area contributed by atoms with Gasteiger partial charge in [0.15, 0.2) is 0 Å². The molecule has 22 heavy (non-hydrogen) atoms. The second kappa shape index (κ2) is 6.08. The van der Waals surface area contributed by atoms with E-state index in [-0.39, 0.29) is 17.9 Å². The molecule has 2 aliphatic rings. The third-order valence-electron chi connectivity index (χ3n) is 4.10. The van der Waals surface area contributed by atoms with Gasteiger partial charge in [-0.25, -0.2) is 0 Å². The first-order valence-electron chi connectivity index (χ1n) is 7.95. The summed E-state index contributed by atoms with van der Waals surface area (Å²) in [5.74, 6) is 0.233. The highest BCUT2D eigenvalue weighted by Crippen LogP contribution is 2.27. The molecule has 5 nitrogen and oxygen atoms in total. The fraction of sp³-hybridized carbons (Fsp3) is 0.529. The highest BCUT2D eigenvalue weighted by atomic mass is 16.5. The normalized spacial score (nSPS) is 19.0. The number of rotatable bonds is 4. The first-order valence-corrected chi connectivity index (χ1v) is 7.95. The van der Waals surface area contributed by atoms with Gasteiger partial charge in [-0.15, -0.1) is 0 Å². The van der Waals surface area contributed by atoms with E-state index in [4.69, 9.17) is 4.74 Å². The highest BCUT2D eigenvalue weighted by molar-refractivity contribution is 6.21. The van der Waals surface area contributed by atoms with E-state index in [1.807, 2.05) is 13.8 Å². The fourth-order valence-electron chi connectivity index (χ4n) is 3.04. The number of benzene rings is 1. The smallest absolute Gasteiger partial charge is 0.262 e. The molecule has 0 unspecified atom stereocenters. The summed E-state index contributed by atoms with van der Waals surface area (Å²) in [7, 11) is 0. The van der Waals surface area contributed by atoms with Crippen LogP contribution in [0.25, 0.3) is 0 Å². The fourth-order valence-corrected chi connectivity index (χ4v) is 3.04. The van der Waals surface area contributed by atoms with Crippen molar-refractivity contribution in [1.82, 2.24) is 9.80 Å². The van der Waals surface area contributed by atoms with Gasteiger partial charge >= 0.3 is 0 Å². The Hall–Kier alpha value is -1.88. The van der Waals surface area contributed by atoms with Crippen LogP contribution in [0.5, 0.6) is 5.75 Å². The number of carbonyl (C=O) groups excluding carboxylic acids is 2. The van der Waals surface area contributed by atoms with Crippen LogP contribution in [0.1, 0.15) is 53.8 Å². The lowest BCUT2D eigenvalue weighted by molar-refractivity contribution is 0.0519. The molecule has 0 N–H and O–H groups in total. The lowest BCUT2D eigenvalue weighted by Gasteiger charge is -2.29. The number of carbonyl (C=O) groups is 2. The average molecular weight is 302 g/mol. The molecule has 0 aromatic heterocycles. The van der Waals surface area contributed by atoms with Crippen LogP contribution in [0.3, 0.4) is 0 Å². The molecule has 0 saturated carbocycles. The number of imide groups is 1. The summed E-state index contributed by atoms with van der Waals surface area (Å²) in [6.07, 6.45) is 3.54. The number of ether oxygens (including phenoxy) is 1. The molecule has 2 heterocycles. The molecule has 0 atom stereocenters. The Morgan fingerprint density at radius 2 is 1.73 bits per heavy atom. The molecule has 1 fully saturated rings. The maximum Gasteiger partial charge on any atom is 0.262 e. The molecule has 2 aliphatic heterocycles. The SMILES string of the molecule is CC(C)Oc1ccc2c(c1)C(=O)N(CN1CCCCC1)C2=O. The van der Waals surface area contributed by atoms with Crippen LogP contribution in [0, 0.1) is 0 Å². The zero-order valence-corrected chi connectivity index (χ0v) is 13.2. The van der Waals surface area contributed by atoms with Crippen molar-refractivity contribution < 1.29 is 14.3 Å². The second-order valence-electron chi connectivity index (χ2n) is 6.23. The van der Waals surface area contributed by atoms with Crippen molar-refractivity contribution in [3.63, 3.8) is 0 Å². The number of fused-ring (bicyclic) bond motifs is 1. The van der Waals surface area contributed by atoms with Crippen molar-refractivity contribution in [2.75, 3.05) is 19.8 Å². The van der Waals surface area contributed by atoms with Gasteiger partial charge in [-0.05, 0) is 58.0 Å². The minimum Gasteiger partial charge on any atom is -0.491 e. The van der Waals surface area contributed by atoms with Gasteiger partial charge in [-0.2, -0.15) is 0 Å². The summed E-state index contributed by atoms with van der Waals surface area (Å²) in [5.41, 5.74) is 0.943. The maximum absolute atomic E-state index is 12.5. The molecule has 0 bridgehead atoms. The summed E-state index contributed by atoms with van der Waals surface area (Å²) in [4.78, 5) is 28.5. The molecule has 2 amide bonds. The Labute approximate surface area is 130 Å². The van der Waals surface area contributed by atoms with Crippen molar-refractivity contribution in [2.45, 2.75) is 39.2 Å². The van der Waals surface area contributed by atoms with Gasteiger partial charge in [0.25, 0.3) is 11.8 Å². The Bertz CT molecular complexity index is 592. The van der Waals surface area contributed by atoms with Gasteiger partial charge in [-0.1, -0.05) is 6.42 Å². The highest BCUT2D eigenvalue weighted by Gasteiger charge is 2.36. The van der Waals surface area contributed by atoms with E-state index in [0.29, 0.717) is 23.5 Å². The lowest BCUT2D eigenvalue weighted by atomic mass is 10.1. The number of hydrogen-bond acceptors (Lipinski definition) is 4. The monoisotopic (exact) mass is 302 g/mol. The third kappa shape index (κ3) is 2.86. The van der Waals surface area contributed by atoms with E-state index in [0.717, 1.165) is 25.9 Å². The molecule has 118 valence electrons. The van der Waals surface area contributed by atoms with Crippen LogP contribution in [-0.4, -0.2) is 47.5 Å². The standard InChI is InChI=1S/C17H22N2O3/c1-12(2)22-13-6-7-14-15(10-13)17(21)19(16(14)20)11-18-8-4-3-5-9-18/h6-7,10,12H,3-5,8-9,11H2,1-2H3. The number of likely N-dealkylation sites (tertiary alicyclic amines) is 1. The molecule has 5 heteroatoms. The molecule has 0 aliphatic carbocycles. The Morgan fingerprint density at radius 3 is 2.41 bits per heavy atom. The van der Waals surface area contributed by atoms with Gasteiger partial charge < -0.3 is 4.74 Å². The summed E-state index contributed by atoms with van der Waals surface area (Å²) in [6.45, 7) is 6.17. The van der Waals surface area contributed by atoms with Gasteiger partial charge in [0.05, 0.1) is 23.9 Å². The quantitative estimate of drug-likeness (QED) is 0.802. The zero-order valence-electron chi connectivity index (χ0n) is 13.2. The number of nitrogens with zero attached hydrogens (tertiary/aromatic N) is 2. The van der Waals surface area contributed by atoms with Crippen LogP contribution in [0.15, 0.2) is 18.2 Å². The number of hydrogen-bond donors (Lipinski definition) is 0. The molecule has 3 rings (SSSR count).